The van der Waals surface area contributed by atoms with Crippen LogP contribution in [-0.4, -0.2) is 41.4 Å². The van der Waals surface area contributed by atoms with Crippen LogP contribution in [0.15, 0.2) is 30.6 Å². The standard InChI is InChI=1S/C14H15F5O2.C8H6FN3O/c1-7-9(6-21-13(7,2)14(17,18)19)8-4-5-10(15)11(16)12(8)20-3;9-4-1-2-5-7(12-3-11-5)6(4)8(10)13/h4-5,7,9H,6H2,1-3H3;1-3H,(H2,10,13)(H,11,12)/t7?,9?,13-;/m1./s1. The number of amides is 1. The largest absolute Gasteiger partial charge is 0.493 e. The molecule has 2 unspecified atom stereocenters. The quantitative estimate of drug-likeness (QED) is 0.515. The van der Waals surface area contributed by atoms with Gasteiger partial charge in [0.1, 0.15) is 16.9 Å². The van der Waals surface area contributed by atoms with E-state index in [1.165, 1.54) is 31.5 Å². The van der Waals surface area contributed by atoms with Gasteiger partial charge in [0.15, 0.2) is 17.2 Å². The predicted octanol–water partition coefficient (Wildman–Crippen LogP) is 4.85. The van der Waals surface area contributed by atoms with Gasteiger partial charge in [0.05, 0.1) is 25.6 Å². The number of hydrogen-bond acceptors (Lipinski definition) is 4. The van der Waals surface area contributed by atoms with Gasteiger partial charge >= 0.3 is 6.18 Å². The average Bonchev–Trinajstić information content (AvgIpc) is 3.35. The van der Waals surface area contributed by atoms with Gasteiger partial charge in [-0.05, 0) is 25.1 Å². The van der Waals surface area contributed by atoms with Gasteiger partial charge in [-0.3, -0.25) is 4.79 Å². The first-order chi connectivity index (χ1) is 15.8. The highest BCUT2D eigenvalue weighted by Crippen LogP contribution is 2.51. The Morgan fingerprint density at radius 3 is 2.41 bits per heavy atom. The van der Waals surface area contributed by atoms with Crippen LogP contribution in [0.3, 0.4) is 0 Å². The van der Waals surface area contributed by atoms with Gasteiger partial charge in [-0.25, -0.2) is 13.8 Å². The van der Waals surface area contributed by atoms with E-state index in [-0.39, 0.29) is 29.0 Å². The lowest BCUT2D eigenvalue weighted by molar-refractivity contribution is -0.266. The maximum atomic E-state index is 13.7. The number of aromatic nitrogens is 2. The summed E-state index contributed by atoms with van der Waals surface area (Å²) in [7, 11) is 1.14. The molecule has 0 saturated carbocycles. The van der Waals surface area contributed by atoms with Crippen molar-refractivity contribution in [3.63, 3.8) is 0 Å². The zero-order chi connectivity index (χ0) is 25.4. The molecule has 1 saturated heterocycles. The first-order valence-corrected chi connectivity index (χ1v) is 9.97. The molecule has 2 heterocycles. The molecule has 0 aliphatic carbocycles. The third kappa shape index (κ3) is 4.29. The van der Waals surface area contributed by atoms with E-state index in [0.29, 0.717) is 5.52 Å². The number of primary amides is 1. The van der Waals surface area contributed by atoms with E-state index in [2.05, 4.69) is 9.97 Å². The lowest BCUT2D eigenvalue weighted by Gasteiger charge is -2.32. The summed E-state index contributed by atoms with van der Waals surface area (Å²) in [5.74, 6) is -5.84. The van der Waals surface area contributed by atoms with E-state index >= 15 is 0 Å². The van der Waals surface area contributed by atoms with Crippen LogP contribution >= 0.6 is 0 Å². The minimum Gasteiger partial charge on any atom is -0.493 e. The minimum atomic E-state index is -4.55. The number of methoxy groups -OCH3 is 1. The van der Waals surface area contributed by atoms with Crippen molar-refractivity contribution in [3.8, 4) is 5.75 Å². The van der Waals surface area contributed by atoms with Gasteiger partial charge in [0.2, 0.25) is 5.82 Å². The number of carbonyl (C=O) groups is 1. The maximum Gasteiger partial charge on any atom is 0.417 e. The van der Waals surface area contributed by atoms with Crippen LogP contribution in [0.2, 0.25) is 0 Å². The minimum absolute atomic E-state index is 0.168. The van der Waals surface area contributed by atoms with Crippen LogP contribution in [0.5, 0.6) is 5.75 Å². The third-order valence-corrected chi connectivity index (χ3v) is 6.07. The van der Waals surface area contributed by atoms with Gasteiger partial charge in [0.25, 0.3) is 5.91 Å². The van der Waals surface area contributed by atoms with Gasteiger partial charge in [-0.1, -0.05) is 13.0 Å². The molecule has 6 nitrogen and oxygen atoms in total. The topological polar surface area (TPSA) is 90.2 Å². The molecular weight excluding hydrogens is 468 g/mol. The molecule has 3 atom stereocenters. The lowest BCUT2D eigenvalue weighted by atomic mass is 9.79. The number of aromatic amines is 1. The molecule has 1 aromatic heterocycles. The summed E-state index contributed by atoms with van der Waals surface area (Å²) in [5, 5.41) is 0. The van der Waals surface area contributed by atoms with Crippen LogP contribution in [0.4, 0.5) is 26.3 Å². The van der Waals surface area contributed by atoms with Crippen molar-refractivity contribution in [1.82, 2.24) is 9.97 Å². The fraction of sp³-hybridized carbons (Fsp3) is 0.364. The molecule has 0 bridgehead atoms. The fourth-order valence-electron chi connectivity index (χ4n) is 3.89. The smallest absolute Gasteiger partial charge is 0.417 e. The first-order valence-electron chi connectivity index (χ1n) is 9.97. The molecule has 3 N–H and O–H groups in total. The van der Waals surface area contributed by atoms with Crippen molar-refractivity contribution in [2.24, 2.45) is 11.7 Å². The third-order valence-electron chi connectivity index (χ3n) is 6.07. The van der Waals surface area contributed by atoms with Gasteiger partial charge in [0, 0.05) is 17.4 Å². The van der Waals surface area contributed by atoms with Crippen LogP contribution in [0.25, 0.3) is 11.0 Å². The number of nitrogens with one attached hydrogen (secondary N) is 1. The molecule has 1 aliphatic heterocycles. The Labute approximate surface area is 190 Å². The summed E-state index contributed by atoms with van der Waals surface area (Å²) >= 11 is 0. The average molecular weight is 489 g/mol. The molecule has 12 heteroatoms. The number of nitrogens with zero attached hydrogens (tertiary/aromatic N) is 1. The summed E-state index contributed by atoms with van der Waals surface area (Å²) in [6, 6.07) is 4.80. The summed E-state index contributed by atoms with van der Waals surface area (Å²) < 4.78 is 89.1. The van der Waals surface area contributed by atoms with Crippen molar-refractivity contribution >= 4 is 16.9 Å². The maximum absolute atomic E-state index is 13.7. The molecule has 0 radical (unpaired) electrons. The second-order valence-electron chi connectivity index (χ2n) is 7.88. The number of nitrogens with two attached hydrogens (primary N) is 1. The number of imidazole rings is 1. The molecule has 3 aromatic rings. The van der Waals surface area contributed by atoms with Gasteiger partial charge in [-0.2, -0.15) is 17.6 Å². The highest BCUT2D eigenvalue weighted by molar-refractivity contribution is 6.04. The molecule has 1 amide bonds. The van der Waals surface area contributed by atoms with Crippen molar-refractivity contribution in [2.45, 2.75) is 31.5 Å². The zero-order valence-electron chi connectivity index (χ0n) is 18.3. The number of ether oxygens (including phenoxy) is 2. The summed E-state index contributed by atoms with van der Waals surface area (Å²) in [6.45, 7) is 2.11. The Balaban J connectivity index is 0.000000212. The molecular formula is C22H21F6N3O3. The number of carbonyl (C=O) groups excluding carboxylic acids is 1. The first kappa shape index (κ1) is 25.3. The van der Waals surface area contributed by atoms with E-state index in [1.807, 2.05) is 0 Å². The second-order valence-corrected chi connectivity index (χ2v) is 7.88. The number of halogens is 6. The Morgan fingerprint density at radius 1 is 1.21 bits per heavy atom. The molecule has 34 heavy (non-hydrogen) atoms. The van der Waals surface area contributed by atoms with Crippen molar-refractivity contribution in [2.75, 3.05) is 13.7 Å². The van der Waals surface area contributed by atoms with E-state index in [9.17, 15) is 31.1 Å². The fourth-order valence-corrected chi connectivity index (χ4v) is 3.89. The van der Waals surface area contributed by atoms with Crippen molar-refractivity contribution in [1.29, 1.82) is 0 Å². The Bertz CT molecular complexity index is 1210. The molecule has 2 aromatic carbocycles. The van der Waals surface area contributed by atoms with Crippen LogP contribution < -0.4 is 10.5 Å². The second kappa shape index (κ2) is 9.16. The normalized spacial score (nSPS) is 22.4. The predicted molar refractivity (Wildman–Crippen MR) is 110 cm³/mol. The highest BCUT2D eigenvalue weighted by atomic mass is 19.4. The Hall–Kier alpha value is -3.28. The van der Waals surface area contributed by atoms with Gasteiger partial charge < -0.3 is 20.2 Å². The van der Waals surface area contributed by atoms with Crippen LogP contribution in [-0.2, 0) is 4.74 Å². The number of H-pyrrole nitrogens is 1. The Morgan fingerprint density at radius 2 is 1.85 bits per heavy atom. The van der Waals surface area contributed by atoms with Crippen LogP contribution in [0.1, 0.15) is 35.7 Å². The zero-order valence-corrected chi connectivity index (χ0v) is 18.3. The summed E-state index contributed by atoms with van der Waals surface area (Å²) in [4.78, 5) is 17.4. The molecule has 1 fully saturated rings. The number of fused-ring (bicyclic) bond motifs is 1. The number of rotatable bonds is 3. The molecule has 184 valence electrons. The van der Waals surface area contributed by atoms with E-state index < -0.39 is 47.0 Å². The van der Waals surface area contributed by atoms with Crippen molar-refractivity contribution < 1.29 is 40.6 Å². The highest BCUT2D eigenvalue weighted by Gasteiger charge is 2.61. The summed E-state index contributed by atoms with van der Waals surface area (Å²) in [6.07, 6.45) is -3.16. The van der Waals surface area contributed by atoms with E-state index in [4.69, 9.17) is 15.2 Å². The van der Waals surface area contributed by atoms with E-state index in [0.717, 1.165) is 20.1 Å². The van der Waals surface area contributed by atoms with E-state index in [1.54, 1.807) is 0 Å². The molecule has 1 aliphatic rings. The SMILES string of the molecule is COc1c(C2CO[C@@](C)(C(F)(F)F)C2C)ccc(F)c1F.NC(=O)c1c(F)ccc2[nH]cnc12. The molecule has 0 spiro atoms. The summed E-state index contributed by atoms with van der Waals surface area (Å²) in [5.41, 5.74) is 3.55. The van der Waals surface area contributed by atoms with Crippen LogP contribution in [0, 0.1) is 23.4 Å². The lowest BCUT2D eigenvalue weighted by Crippen LogP contribution is -2.46. The van der Waals surface area contributed by atoms with Crippen molar-refractivity contribution in [3.05, 3.63) is 59.2 Å². The molecule has 4 rings (SSSR count). The Kier molecular flexibility index (Phi) is 6.83. The number of hydrogen-bond donors (Lipinski definition) is 2. The van der Waals surface area contributed by atoms with Gasteiger partial charge in [-0.15, -0.1) is 0 Å². The number of alkyl halides is 3. The monoisotopic (exact) mass is 489 g/mol. The number of benzene rings is 2.